The quantitative estimate of drug-likeness (QED) is 0.802. The van der Waals surface area contributed by atoms with E-state index in [9.17, 15) is 5.11 Å². The topological polar surface area (TPSA) is 54.2 Å². The zero-order valence-corrected chi connectivity index (χ0v) is 13.7. The lowest BCUT2D eigenvalue weighted by Gasteiger charge is -2.34. The Bertz CT molecular complexity index is 815. The van der Waals surface area contributed by atoms with Gasteiger partial charge in [-0.15, -0.1) is 0 Å². The van der Waals surface area contributed by atoms with Crippen LogP contribution >= 0.6 is 0 Å². The van der Waals surface area contributed by atoms with Gasteiger partial charge in [-0.3, -0.25) is 4.90 Å². The lowest BCUT2D eigenvalue weighted by atomic mass is 10.0. The van der Waals surface area contributed by atoms with Crippen molar-refractivity contribution in [3.8, 4) is 0 Å². The molecule has 1 aliphatic heterocycles. The van der Waals surface area contributed by atoms with Gasteiger partial charge in [-0.25, -0.2) is 9.97 Å². The molecule has 0 aliphatic carbocycles. The Hall–Kier alpha value is -2.24. The van der Waals surface area contributed by atoms with E-state index in [0.29, 0.717) is 6.04 Å². The van der Waals surface area contributed by atoms with Crippen LogP contribution in [0.25, 0.3) is 11.2 Å². The fourth-order valence-corrected chi connectivity index (χ4v) is 3.70. The second-order valence-corrected chi connectivity index (χ2v) is 6.42. The average Bonchev–Trinajstić information content (AvgIpc) is 3.01. The van der Waals surface area contributed by atoms with Gasteiger partial charge in [0.1, 0.15) is 17.9 Å². The molecule has 1 aromatic carbocycles. The summed E-state index contributed by atoms with van der Waals surface area (Å²) in [5.41, 5.74) is 3.09. The Balaban J connectivity index is 1.60. The largest absolute Gasteiger partial charge is 0.388 e. The third-order valence-electron chi connectivity index (χ3n) is 4.76. The highest BCUT2D eigenvalue weighted by atomic mass is 16.3. The minimum atomic E-state index is -0.0501. The summed E-state index contributed by atoms with van der Waals surface area (Å²) >= 11 is 0. The van der Waals surface area contributed by atoms with Crippen molar-refractivity contribution >= 4 is 11.2 Å². The molecule has 0 radical (unpaired) electrons. The van der Waals surface area contributed by atoms with Crippen LogP contribution in [0.15, 0.2) is 48.7 Å². The van der Waals surface area contributed by atoms with E-state index in [1.165, 1.54) is 5.56 Å². The Labute approximate surface area is 141 Å². The molecule has 24 heavy (non-hydrogen) atoms. The molecule has 1 saturated heterocycles. The summed E-state index contributed by atoms with van der Waals surface area (Å²) in [6.07, 6.45) is 4.04. The van der Waals surface area contributed by atoms with Crippen molar-refractivity contribution in [2.75, 3.05) is 13.1 Å². The van der Waals surface area contributed by atoms with Gasteiger partial charge < -0.3 is 9.67 Å². The van der Waals surface area contributed by atoms with Crippen LogP contribution in [-0.4, -0.2) is 37.6 Å². The number of aromatic nitrogens is 3. The number of benzene rings is 1. The number of rotatable bonds is 4. The third-order valence-corrected chi connectivity index (χ3v) is 4.76. The van der Waals surface area contributed by atoms with Crippen LogP contribution in [0.3, 0.4) is 0 Å². The Kier molecular flexibility index (Phi) is 4.28. The first-order valence-corrected chi connectivity index (χ1v) is 8.54. The van der Waals surface area contributed by atoms with E-state index in [1.54, 1.807) is 6.20 Å². The van der Waals surface area contributed by atoms with Crippen molar-refractivity contribution in [2.45, 2.75) is 32.0 Å². The van der Waals surface area contributed by atoms with E-state index < -0.39 is 0 Å². The molecule has 1 fully saturated rings. The van der Waals surface area contributed by atoms with Crippen LogP contribution in [-0.2, 0) is 13.2 Å². The van der Waals surface area contributed by atoms with Crippen molar-refractivity contribution < 1.29 is 5.11 Å². The number of hydrogen-bond donors (Lipinski definition) is 1. The summed E-state index contributed by atoms with van der Waals surface area (Å²) < 4.78 is 2.15. The van der Waals surface area contributed by atoms with E-state index in [0.717, 1.165) is 49.5 Å². The maximum Gasteiger partial charge on any atom is 0.160 e. The lowest BCUT2D eigenvalue weighted by Crippen LogP contribution is -2.36. The summed E-state index contributed by atoms with van der Waals surface area (Å²) in [7, 11) is 0. The minimum Gasteiger partial charge on any atom is -0.388 e. The summed E-state index contributed by atoms with van der Waals surface area (Å²) in [4.78, 5) is 11.5. The molecule has 3 aromatic rings. The second-order valence-electron chi connectivity index (χ2n) is 6.42. The van der Waals surface area contributed by atoms with Gasteiger partial charge >= 0.3 is 0 Å². The van der Waals surface area contributed by atoms with E-state index >= 15 is 0 Å². The molecule has 0 spiro atoms. The van der Waals surface area contributed by atoms with Gasteiger partial charge in [0.2, 0.25) is 0 Å². The van der Waals surface area contributed by atoms with E-state index in [2.05, 4.69) is 49.8 Å². The SMILES string of the molecule is OCc1nc2cccnc2n1[C@H]1CCCN(Cc2ccccc2)C1. The molecule has 1 aliphatic rings. The Morgan fingerprint density at radius 2 is 2.00 bits per heavy atom. The Morgan fingerprint density at radius 3 is 2.83 bits per heavy atom. The van der Waals surface area contributed by atoms with E-state index in [-0.39, 0.29) is 6.61 Å². The molecule has 0 saturated carbocycles. The van der Waals surface area contributed by atoms with Gasteiger partial charge in [-0.05, 0) is 37.1 Å². The zero-order chi connectivity index (χ0) is 16.4. The van der Waals surface area contributed by atoms with Crippen LogP contribution in [0.2, 0.25) is 0 Å². The van der Waals surface area contributed by atoms with Crippen LogP contribution in [0.1, 0.15) is 30.3 Å². The first-order valence-electron chi connectivity index (χ1n) is 8.54. The molecule has 1 atom stereocenters. The summed E-state index contributed by atoms with van der Waals surface area (Å²) in [5.74, 6) is 0.718. The molecular weight excluding hydrogens is 300 g/mol. The van der Waals surface area contributed by atoms with Crippen molar-refractivity contribution in [2.24, 2.45) is 0 Å². The number of aliphatic hydroxyl groups excluding tert-OH is 1. The normalized spacial score (nSPS) is 19.0. The summed E-state index contributed by atoms with van der Waals surface area (Å²) in [5, 5.41) is 9.73. The number of pyridine rings is 1. The van der Waals surface area contributed by atoms with Gasteiger partial charge in [0, 0.05) is 25.3 Å². The monoisotopic (exact) mass is 322 g/mol. The molecule has 5 heteroatoms. The lowest BCUT2D eigenvalue weighted by molar-refractivity contribution is 0.165. The van der Waals surface area contributed by atoms with E-state index in [4.69, 9.17) is 0 Å². The Morgan fingerprint density at radius 1 is 1.12 bits per heavy atom. The summed E-state index contributed by atoms with van der Waals surface area (Å²) in [6, 6.07) is 14.8. The van der Waals surface area contributed by atoms with Crippen molar-refractivity contribution in [1.82, 2.24) is 19.4 Å². The van der Waals surface area contributed by atoms with Gasteiger partial charge in [-0.2, -0.15) is 0 Å². The number of piperidine rings is 1. The van der Waals surface area contributed by atoms with Crippen LogP contribution in [0, 0.1) is 0 Å². The molecule has 0 unspecified atom stereocenters. The van der Waals surface area contributed by atoms with Crippen molar-refractivity contribution in [3.05, 3.63) is 60.0 Å². The van der Waals surface area contributed by atoms with Gasteiger partial charge in [0.15, 0.2) is 5.65 Å². The van der Waals surface area contributed by atoms with Gasteiger partial charge in [0.05, 0.1) is 0 Å². The van der Waals surface area contributed by atoms with Gasteiger partial charge in [-0.1, -0.05) is 30.3 Å². The number of imidazole rings is 1. The summed E-state index contributed by atoms with van der Waals surface area (Å²) in [6.45, 7) is 2.99. The molecule has 2 aromatic heterocycles. The van der Waals surface area contributed by atoms with Gasteiger partial charge in [0.25, 0.3) is 0 Å². The number of fused-ring (bicyclic) bond motifs is 1. The van der Waals surface area contributed by atoms with E-state index in [1.807, 2.05) is 12.1 Å². The predicted molar refractivity (Wildman–Crippen MR) is 93.4 cm³/mol. The highest BCUT2D eigenvalue weighted by molar-refractivity contribution is 5.71. The maximum absolute atomic E-state index is 9.73. The molecule has 0 amide bonds. The average molecular weight is 322 g/mol. The zero-order valence-electron chi connectivity index (χ0n) is 13.7. The third kappa shape index (κ3) is 2.92. The number of aliphatic hydroxyl groups is 1. The smallest absolute Gasteiger partial charge is 0.160 e. The molecule has 124 valence electrons. The highest BCUT2D eigenvalue weighted by Crippen LogP contribution is 2.27. The highest BCUT2D eigenvalue weighted by Gasteiger charge is 2.25. The fourth-order valence-electron chi connectivity index (χ4n) is 3.70. The first kappa shape index (κ1) is 15.3. The van der Waals surface area contributed by atoms with Crippen LogP contribution < -0.4 is 0 Å². The van der Waals surface area contributed by atoms with Crippen LogP contribution in [0.5, 0.6) is 0 Å². The minimum absolute atomic E-state index is 0.0501. The molecule has 0 bridgehead atoms. The van der Waals surface area contributed by atoms with Crippen molar-refractivity contribution in [3.63, 3.8) is 0 Å². The molecular formula is C19H22N4O. The van der Waals surface area contributed by atoms with Crippen molar-refractivity contribution in [1.29, 1.82) is 0 Å². The second kappa shape index (κ2) is 6.71. The predicted octanol–water partition coefficient (Wildman–Crippen LogP) is 2.76. The molecule has 3 heterocycles. The molecule has 4 rings (SSSR count). The first-order chi connectivity index (χ1) is 11.8. The number of likely N-dealkylation sites (tertiary alicyclic amines) is 1. The standard InChI is InChI=1S/C19H22N4O/c24-14-18-21-17-9-4-10-20-19(17)23(18)16-8-5-11-22(13-16)12-15-6-2-1-3-7-15/h1-4,6-7,9-10,16,24H,5,8,11-14H2/t16-/m0/s1. The number of hydrogen-bond acceptors (Lipinski definition) is 4. The molecule has 5 nitrogen and oxygen atoms in total. The number of nitrogens with zero attached hydrogens (tertiary/aromatic N) is 4. The fraction of sp³-hybridized carbons (Fsp3) is 0.368. The molecule has 1 N–H and O–H groups in total. The van der Waals surface area contributed by atoms with Crippen LogP contribution in [0.4, 0.5) is 0 Å². The maximum atomic E-state index is 9.73.